The van der Waals surface area contributed by atoms with Crippen LogP contribution in [0.25, 0.3) is 0 Å². The molecule has 0 aliphatic carbocycles. The predicted octanol–water partition coefficient (Wildman–Crippen LogP) is 1.20. The van der Waals surface area contributed by atoms with Crippen molar-refractivity contribution in [3.63, 3.8) is 0 Å². The highest BCUT2D eigenvalue weighted by Crippen LogP contribution is 2.22. The molecule has 0 spiro atoms. The molecule has 1 aromatic rings. The topological polar surface area (TPSA) is 72.7 Å². The van der Waals surface area contributed by atoms with Crippen molar-refractivity contribution in [2.45, 2.75) is 26.4 Å². The van der Waals surface area contributed by atoms with Crippen molar-refractivity contribution in [1.29, 1.82) is 0 Å². The summed E-state index contributed by atoms with van der Waals surface area (Å²) in [5, 5.41) is 30.9. The Hall–Kier alpha value is -1.26. The van der Waals surface area contributed by atoms with Crippen LogP contribution in [0.4, 0.5) is 0 Å². The van der Waals surface area contributed by atoms with Gasteiger partial charge in [-0.1, -0.05) is 13.0 Å². The molecule has 90 valence electrons. The molecule has 0 saturated carbocycles. The van der Waals surface area contributed by atoms with Gasteiger partial charge in [0.2, 0.25) is 0 Å². The molecule has 0 amide bonds. The smallest absolute Gasteiger partial charge is 0.123 e. The molecular weight excluding hydrogens is 206 g/mol. The van der Waals surface area contributed by atoms with E-state index in [-0.39, 0.29) is 30.1 Å². The van der Waals surface area contributed by atoms with Gasteiger partial charge in [-0.25, -0.2) is 0 Å². The van der Waals surface area contributed by atoms with Crippen LogP contribution in [0.1, 0.15) is 19.4 Å². The zero-order chi connectivity index (χ0) is 12.1. The third kappa shape index (κ3) is 3.40. The fourth-order valence-electron chi connectivity index (χ4n) is 1.33. The van der Waals surface area contributed by atoms with Gasteiger partial charge in [-0.05, 0) is 18.9 Å². The van der Waals surface area contributed by atoms with E-state index in [0.717, 1.165) is 5.56 Å². The van der Waals surface area contributed by atoms with Crippen LogP contribution in [0.2, 0.25) is 0 Å². The van der Waals surface area contributed by atoms with Crippen molar-refractivity contribution in [3.05, 3.63) is 23.8 Å². The lowest BCUT2D eigenvalue weighted by molar-refractivity contribution is 0.207. The maximum absolute atomic E-state index is 9.55. The van der Waals surface area contributed by atoms with Crippen LogP contribution in [0.5, 0.6) is 11.5 Å². The molecule has 4 nitrogen and oxygen atoms in total. The number of hydrogen-bond donors (Lipinski definition) is 4. The number of phenolic OH excluding ortho intramolecular Hbond substituents is 2. The van der Waals surface area contributed by atoms with E-state index < -0.39 is 0 Å². The number of hydrogen-bond acceptors (Lipinski definition) is 4. The molecule has 0 fully saturated rings. The maximum atomic E-state index is 9.55. The minimum atomic E-state index is 0.0537. The van der Waals surface area contributed by atoms with Gasteiger partial charge in [-0.3, -0.25) is 0 Å². The molecule has 4 heteroatoms. The van der Waals surface area contributed by atoms with Crippen LogP contribution >= 0.6 is 0 Å². The van der Waals surface area contributed by atoms with Crippen LogP contribution in [-0.4, -0.2) is 28.0 Å². The summed E-state index contributed by atoms with van der Waals surface area (Å²) in [6.07, 6.45) is 0. The Morgan fingerprint density at radius 2 is 1.94 bits per heavy atom. The summed E-state index contributed by atoms with van der Waals surface area (Å²) in [6, 6.07) is 4.69. The quantitative estimate of drug-likeness (QED) is 0.607. The zero-order valence-electron chi connectivity index (χ0n) is 9.64. The average molecular weight is 225 g/mol. The normalized spacial score (nSPS) is 14.7. The molecule has 0 saturated heterocycles. The summed E-state index contributed by atoms with van der Waals surface area (Å²) in [6.45, 7) is 4.58. The fraction of sp³-hybridized carbons (Fsp3) is 0.500. The van der Waals surface area contributed by atoms with Crippen molar-refractivity contribution in [3.8, 4) is 11.5 Å². The third-order valence-corrected chi connectivity index (χ3v) is 2.82. The van der Waals surface area contributed by atoms with E-state index in [1.54, 1.807) is 6.07 Å². The molecule has 1 rings (SSSR count). The van der Waals surface area contributed by atoms with Gasteiger partial charge < -0.3 is 20.6 Å². The SMILES string of the molecule is CC(CO)C(C)NCc1ccc(O)cc1O. The minimum Gasteiger partial charge on any atom is -0.508 e. The summed E-state index contributed by atoms with van der Waals surface area (Å²) in [4.78, 5) is 0. The largest absolute Gasteiger partial charge is 0.508 e. The number of phenols is 2. The molecular formula is C12H19NO3. The Morgan fingerprint density at radius 1 is 1.25 bits per heavy atom. The van der Waals surface area contributed by atoms with E-state index in [0.29, 0.717) is 6.54 Å². The number of benzene rings is 1. The van der Waals surface area contributed by atoms with Crippen molar-refractivity contribution in [2.24, 2.45) is 5.92 Å². The second-order valence-corrected chi connectivity index (χ2v) is 4.14. The monoisotopic (exact) mass is 225 g/mol. The molecule has 0 heterocycles. The Labute approximate surface area is 95.6 Å². The Bertz CT molecular complexity index is 341. The van der Waals surface area contributed by atoms with Crippen molar-refractivity contribution in [2.75, 3.05) is 6.61 Å². The Balaban J connectivity index is 2.54. The summed E-state index contributed by atoms with van der Waals surface area (Å²) in [7, 11) is 0. The van der Waals surface area contributed by atoms with Gasteiger partial charge in [0, 0.05) is 30.8 Å². The van der Waals surface area contributed by atoms with Crippen molar-refractivity contribution >= 4 is 0 Å². The molecule has 0 aromatic heterocycles. The van der Waals surface area contributed by atoms with Gasteiger partial charge in [-0.15, -0.1) is 0 Å². The van der Waals surface area contributed by atoms with Crippen LogP contribution < -0.4 is 5.32 Å². The molecule has 2 unspecified atom stereocenters. The molecule has 0 aliphatic rings. The first-order valence-corrected chi connectivity index (χ1v) is 5.39. The first kappa shape index (κ1) is 12.8. The fourth-order valence-corrected chi connectivity index (χ4v) is 1.33. The molecule has 0 bridgehead atoms. The van der Waals surface area contributed by atoms with Crippen LogP contribution in [0, 0.1) is 5.92 Å². The van der Waals surface area contributed by atoms with Gasteiger partial charge in [0.1, 0.15) is 11.5 Å². The maximum Gasteiger partial charge on any atom is 0.123 e. The number of aliphatic hydroxyl groups is 1. The Kier molecular flexibility index (Phi) is 4.58. The van der Waals surface area contributed by atoms with Gasteiger partial charge in [-0.2, -0.15) is 0 Å². The van der Waals surface area contributed by atoms with Crippen molar-refractivity contribution < 1.29 is 15.3 Å². The van der Waals surface area contributed by atoms with Crippen molar-refractivity contribution in [1.82, 2.24) is 5.32 Å². The summed E-state index contributed by atoms with van der Waals surface area (Å²) < 4.78 is 0. The Morgan fingerprint density at radius 3 is 2.50 bits per heavy atom. The lowest BCUT2D eigenvalue weighted by atomic mass is 10.0. The predicted molar refractivity (Wildman–Crippen MR) is 62.3 cm³/mol. The number of aliphatic hydroxyl groups excluding tert-OH is 1. The highest BCUT2D eigenvalue weighted by Gasteiger charge is 2.11. The second-order valence-electron chi connectivity index (χ2n) is 4.14. The average Bonchev–Trinajstić information content (AvgIpc) is 2.26. The molecule has 0 radical (unpaired) electrons. The van der Waals surface area contributed by atoms with Gasteiger partial charge in [0.05, 0.1) is 0 Å². The number of nitrogens with one attached hydrogen (secondary N) is 1. The third-order valence-electron chi connectivity index (χ3n) is 2.82. The summed E-state index contributed by atoms with van der Waals surface area (Å²) in [5.74, 6) is 0.300. The number of rotatable bonds is 5. The van der Waals surface area contributed by atoms with Gasteiger partial charge in [0.25, 0.3) is 0 Å². The van der Waals surface area contributed by atoms with E-state index in [9.17, 15) is 5.11 Å². The van der Waals surface area contributed by atoms with E-state index in [1.165, 1.54) is 12.1 Å². The minimum absolute atomic E-state index is 0.0537. The van der Waals surface area contributed by atoms with Gasteiger partial charge in [0.15, 0.2) is 0 Å². The lowest BCUT2D eigenvalue weighted by Gasteiger charge is -2.19. The standard InChI is InChI=1S/C12H19NO3/c1-8(7-14)9(2)13-6-10-3-4-11(15)5-12(10)16/h3-5,8-9,13-16H,6-7H2,1-2H3. The lowest BCUT2D eigenvalue weighted by Crippen LogP contribution is -2.33. The van der Waals surface area contributed by atoms with Crippen LogP contribution in [-0.2, 0) is 6.54 Å². The molecule has 2 atom stereocenters. The molecule has 16 heavy (non-hydrogen) atoms. The number of aromatic hydroxyl groups is 2. The van der Waals surface area contributed by atoms with E-state index in [1.807, 2.05) is 13.8 Å². The molecule has 0 aliphatic heterocycles. The van der Waals surface area contributed by atoms with E-state index in [2.05, 4.69) is 5.32 Å². The molecule has 4 N–H and O–H groups in total. The molecule has 1 aromatic carbocycles. The van der Waals surface area contributed by atoms with E-state index in [4.69, 9.17) is 10.2 Å². The van der Waals surface area contributed by atoms with Crippen LogP contribution in [0.3, 0.4) is 0 Å². The zero-order valence-corrected chi connectivity index (χ0v) is 9.64. The highest BCUT2D eigenvalue weighted by molar-refractivity contribution is 5.38. The van der Waals surface area contributed by atoms with Gasteiger partial charge >= 0.3 is 0 Å². The van der Waals surface area contributed by atoms with E-state index >= 15 is 0 Å². The first-order valence-electron chi connectivity index (χ1n) is 5.39. The first-order chi connectivity index (χ1) is 7.54. The van der Waals surface area contributed by atoms with Crippen LogP contribution in [0.15, 0.2) is 18.2 Å². The summed E-state index contributed by atoms with van der Waals surface area (Å²) >= 11 is 0. The summed E-state index contributed by atoms with van der Waals surface area (Å²) in [5.41, 5.74) is 0.731. The second kappa shape index (κ2) is 5.72. The highest BCUT2D eigenvalue weighted by atomic mass is 16.3.